The Morgan fingerprint density at radius 2 is 1.66 bits per heavy atom. The zero-order valence-corrected chi connectivity index (χ0v) is 20.2. The molecule has 7 aromatic rings. The number of aromatic amines is 2. The molecule has 182 valence electrons. The average Bonchev–Trinajstić information content (AvgIpc) is 3.61. The lowest BCUT2D eigenvalue weighted by molar-refractivity contribution is 0.305. The Hall–Kier alpha value is -5.37. The van der Waals surface area contributed by atoms with Gasteiger partial charge in [-0.3, -0.25) is 20.1 Å². The van der Waals surface area contributed by atoms with Gasteiger partial charge in [-0.05, 0) is 48.0 Å². The van der Waals surface area contributed by atoms with Crippen molar-refractivity contribution in [3.05, 3.63) is 109 Å². The van der Waals surface area contributed by atoms with Gasteiger partial charge in [0.25, 0.3) is 0 Å². The Morgan fingerprint density at radius 1 is 0.737 bits per heavy atom. The highest BCUT2D eigenvalue weighted by atomic mass is 16.5. The lowest BCUT2D eigenvalue weighted by atomic mass is 10.1. The number of hydrogen-bond donors (Lipinski definition) is 2. The van der Waals surface area contributed by atoms with Crippen molar-refractivity contribution in [3.63, 3.8) is 0 Å². The third kappa shape index (κ3) is 4.04. The van der Waals surface area contributed by atoms with E-state index in [0.29, 0.717) is 12.4 Å². The van der Waals surface area contributed by atoms with Crippen molar-refractivity contribution in [1.82, 2.24) is 35.1 Å². The topological polar surface area (TPSA) is 105 Å². The molecule has 38 heavy (non-hydrogen) atoms. The quantitative estimate of drug-likeness (QED) is 0.284. The summed E-state index contributed by atoms with van der Waals surface area (Å²) in [4.78, 5) is 21.7. The molecule has 0 spiro atoms. The molecule has 2 N–H and O–H groups in total. The molecular weight excluding hydrogens is 474 g/mol. The van der Waals surface area contributed by atoms with Gasteiger partial charge in [-0.1, -0.05) is 30.3 Å². The van der Waals surface area contributed by atoms with E-state index in [9.17, 15) is 0 Å². The zero-order chi connectivity index (χ0) is 25.3. The van der Waals surface area contributed by atoms with Crippen molar-refractivity contribution in [2.24, 2.45) is 0 Å². The van der Waals surface area contributed by atoms with E-state index >= 15 is 0 Å². The molecule has 8 heteroatoms. The first-order valence-corrected chi connectivity index (χ1v) is 12.2. The average molecular weight is 496 g/mol. The maximum absolute atomic E-state index is 5.98. The van der Waals surface area contributed by atoms with E-state index in [1.807, 2.05) is 72.9 Å². The van der Waals surface area contributed by atoms with Crippen molar-refractivity contribution in [3.8, 4) is 39.7 Å². The van der Waals surface area contributed by atoms with E-state index in [1.165, 1.54) is 0 Å². The summed E-state index contributed by atoms with van der Waals surface area (Å²) in [5.41, 5.74) is 8.73. The van der Waals surface area contributed by atoms with Crippen LogP contribution in [0.1, 0.15) is 5.56 Å². The van der Waals surface area contributed by atoms with Crippen LogP contribution in [0.15, 0.2) is 104 Å². The van der Waals surface area contributed by atoms with Crippen LogP contribution in [0.3, 0.4) is 0 Å². The Balaban J connectivity index is 1.24. The predicted octanol–water partition coefficient (Wildman–Crippen LogP) is 6.20. The molecule has 0 saturated heterocycles. The first-order chi connectivity index (χ1) is 18.8. The van der Waals surface area contributed by atoms with E-state index in [1.54, 1.807) is 24.8 Å². The van der Waals surface area contributed by atoms with E-state index in [-0.39, 0.29) is 0 Å². The van der Waals surface area contributed by atoms with Crippen LogP contribution in [0.25, 0.3) is 55.8 Å². The van der Waals surface area contributed by atoms with E-state index < -0.39 is 0 Å². The molecular formula is C30H21N7O. The number of fused-ring (bicyclic) bond motifs is 2. The Bertz CT molecular complexity index is 1880. The highest BCUT2D eigenvalue weighted by molar-refractivity contribution is 5.99. The van der Waals surface area contributed by atoms with Gasteiger partial charge in [-0.15, -0.1) is 0 Å². The molecule has 7 rings (SSSR count). The number of aromatic nitrogens is 7. The Morgan fingerprint density at radius 3 is 2.55 bits per heavy atom. The Kier molecular flexibility index (Phi) is 5.33. The molecule has 0 bridgehead atoms. The summed E-state index contributed by atoms with van der Waals surface area (Å²) in [7, 11) is 0. The fourth-order valence-electron chi connectivity index (χ4n) is 4.54. The maximum atomic E-state index is 5.98. The van der Waals surface area contributed by atoms with Gasteiger partial charge in [0.15, 0.2) is 0 Å². The van der Waals surface area contributed by atoms with E-state index in [0.717, 1.165) is 61.4 Å². The molecule has 0 radical (unpaired) electrons. The van der Waals surface area contributed by atoms with Crippen LogP contribution in [-0.2, 0) is 6.61 Å². The van der Waals surface area contributed by atoms with Gasteiger partial charge >= 0.3 is 0 Å². The molecule has 0 amide bonds. The van der Waals surface area contributed by atoms with Crippen molar-refractivity contribution >= 4 is 21.9 Å². The van der Waals surface area contributed by atoms with Crippen molar-refractivity contribution in [1.29, 1.82) is 0 Å². The van der Waals surface area contributed by atoms with Gasteiger partial charge in [0, 0.05) is 46.8 Å². The van der Waals surface area contributed by atoms with Crippen molar-refractivity contribution in [2.75, 3.05) is 0 Å². The third-order valence-electron chi connectivity index (χ3n) is 6.40. The largest absolute Gasteiger partial charge is 0.487 e. The van der Waals surface area contributed by atoms with Gasteiger partial charge in [0.1, 0.15) is 23.6 Å². The van der Waals surface area contributed by atoms with Crippen LogP contribution in [0.4, 0.5) is 0 Å². The number of pyridine rings is 4. The monoisotopic (exact) mass is 495 g/mol. The highest BCUT2D eigenvalue weighted by Crippen LogP contribution is 2.33. The molecule has 1 aromatic carbocycles. The van der Waals surface area contributed by atoms with Crippen LogP contribution >= 0.6 is 0 Å². The van der Waals surface area contributed by atoms with Gasteiger partial charge in [-0.2, -0.15) is 5.10 Å². The van der Waals surface area contributed by atoms with Crippen molar-refractivity contribution in [2.45, 2.75) is 6.61 Å². The summed E-state index contributed by atoms with van der Waals surface area (Å²) in [5.74, 6) is 0.687. The molecule has 0 fully saturated rings. The number of hydrogen-bond acceptors (Lipinski definition) is 6. The molecule has 6 heterocycles. The summed E-state index contributed by atoms with van der Waals surface area (Å²) in [6.45, 7) is 0.473. The number of nitrogens with one attached hydrogen (secondary N) is 2. The number of ether oxygens (including phenoxy) is 1. The molecule has 8 nitrogen and oxygen atoms in total. The SMILES string of the molecule is c1ccc(COc2cncc(-c3ccc4[nH]nc(-c5cc6c(-c7cccnc7)nccc6[nH]5)c4n3)c2)cc1. The smallest absolute Gasteiger partial charge is 0.138 e. The molecule has 6 aromatic heterocycles. The molecule has 0 aliphatic rings. The number of rotatable bonds is 6. The van der Waals surface area contributed by atoms with Crippen molar-refractivity contribution < 1.29 is 4.74 Å². The molecule has 0 atom stereocenters. The van der Waals surface area contributed by atoms with Crippen LogP contribution in [0, 0.1) is 0 Å². The van der Waals surface area contributed by atoms with Crippen LogP contribution in [-0.4, -0.2) is 35.1 Å². The molecule has 0 saturated carbocycles. The lowest BCUT2D eigenvalue weighted by Gasteiger charge is -2.08. The van der Waals surface area contributed by atoms with Crippen LogP contribution < -0.4 is 4.74 Å². The Labute approximate surface area is 217 Å². The fraction of sp³-hybridized carbons (Fsp3) is 0.0333. The first-order valence-electron chi connectivity index (χ1n) is 12.2. The number of H-pyrrole nitrogens is 2. The van der Waals surface area contributed by atoms with Crippen LogP contribution in [0.5, 0.6) is 5.75 Å². The van der Waals surface area contributed by atoms with Crippen LogP contribution in [0.2, 0.25) is 0 Å². The summed E-state index contributed by atoms with van der Waals surface area (Å²) >= 11 is 0. The first kappa shape index (κ1) is 21.9. The summed E-state index contributed by atoms with van der Waals surface area (Å²) < 4.78 is 5.98. The molecule has 0 unspecified atom stereocenters. The minimum atomic E-state index is 0.473. The number of benzene rings is 1. The second kappa shape index (κ2) is 9.25. The second-order valence-electron chi connectivity index (χ2n) is 8.89. The minimum absolute atomic E-state index is 0.473. The fourth-order valence-corrected chi connectivity index (χ4v) is 4.54. The standard InChI is InChI=1S/C30H21N7O/c1-2-5-19(6-3-1)18-38-22-13-21(16-32-17-22)24-8-9-26-29(35-24)30(37-36-26)27-14-23-25(34-27)10-12-33-28(23)20-7-4-11-31-15-20/h1-17,34H,18H2,(H,36,37). The normalized spacial score (nSPS) is 11.3. The maximum Gasteiger partial charge on any atom is 0.138 e. The lowest BCUT2D eigenvalue weighted by Crippen LogP contribution is -1.96. The van der Waals surface area contributed by atoms with E-state index in [4.69, 9.17) is 9.72 Å². The second-order valence-corrected chi connectivity index (χ2v) is 8.89. The predicted molar refractivity (Wildman–Crippen MR) is 146 cm³/mol. The van der Waals surface area contributed by atoms with Gasteiger partial charge in [0.2, 0.25) is 0 Å². The van der Waals surface area contributed by atoms with Gasteiger partial charge in [-0.25, -0.2) is 4.98 Å². The van der Waals surface area contributed by atoms with Gasteiger partial charge < -0.3 is 9.72 Å². The van der Waals surface area contributed by atoms with Gasteiger partial charge in [0.05, 0.1) is 28.8 Å². The third-order valence-corrected chi connectivity index (χ3v) is 6.40. The minimum Gasteiger partial charge on any atom is -0.487 e. The van der Waals surface area contributed by atoms with E-state index in [2.05, 4.69) is 36.2 Å². The summed E-state index contributed by atoms with van der Waals surface area (Å²) in [6, 6.07) is 23.9. The molecule has 0 aliphatic heterocycles. The number of nitrogens with zero attached hydrogens (tertiary/aromatic N) is 5. The summed E-state index contributed by atoms with van der Waals surface area (Å²) in [6.07, 6.45) is 8.87. The highest BCUT2D eigenvalue weighted by Gasteiger charge is 2.16. The zero-order valence-electron chi connectivity index (χ0n) is 20.2. The molecule has 0 aliphatic carbocycles. The summed E-state index contributed by atoms with van der Waals surface area (Å²) in [5, 5.41) is 8.69.